The Bertz CT molecular complexity index is 1720. The maximum absolute atomic E-state index is 14.7. The maximum atomic E-state index is 14.7. The number of allylic oxidation sites excluding steroid dienone is 1. The molecule has 1 heterocycles. The predicted molar refractivity (Wildman–Crippen MR) is 228 cm³/mol. The standard InChI is InChI=1S/C44H69N5O8S/c1-14-19-49(42(54)37(26(6)15-2)47-40(53)38(27(7)16-3)48(12)43(55)57-44(9,10)11)35(25(4)5)23-36(51)41-46-34(24-58-41)39(52)45-30-20-29-17-18-31(50)22-33(29)32(21-30)28(8)56-13/h17-18,22,24-27,30,32,35-38,50-51H,8,14-16,19-21,23H2,1-7,9-13H3,(H,45,52)(H,47,53). The summed E-state index contributed by atoms with van der Waals surface area (Å²) in [4.78, 5) is 63.1. The zero-order valence-electron chi connectivity index (χ0n) is 36.8. The first-order valence-corrected chi connectivity index (χ1v) is 21.6. The van der Waals surface area contributed by atoms with Crippen LogP contribution in [0.3, 0.4) is 0 Å². The van der Waals surface area contributed by atoms with Crippen LogP contribution in [0, 0.1) is 17.8 Å². The van der Waals surface area contributed by atoms with Gasteiger partial charge in [-0.1, -0.05) is 74.0 Å². The minimum Gasteiger partial charge on any atom is -0.508 e. The van der Waals surface area contributed by atoms with Gasteiger partial charge in [0.25, 0.3) is 5.91 Å². The van der Waals surface area contributed by atoms with Crippen LogP contribution >= 0.6 is 11.3 Å². The van der Waals surface area contributed by atoms with Crippen LogP contribution in [0.25, 0.3) is 0 Å². The van der Waals surface area contributed by atoms with Crippen molar-refractivity contribution in [2.24, 2.45) is 17.8 Å². The molecule has 13 nitrogen and oxygen atoms in total. The SMILES string of the molecule is C=C(OC)C1CC(NC(=O)c2csc(C(O)CC(C(C)C)N(CCC)C(=O)C(NC(=O)C(C(C)CC)N(C)C(=O)OC(C)(C)C)C(C)CC)n2)Cc2ccc(O)cc21. The summed E-state index contributed by atoms with van der Waals surface area (Å²) in [5.74, 6) is -1.09. The molecule has 0 saturated heterocycles. The topological polar surface area (TPSA) is 171 Å². The van der Waals surface area contributed by atoms with E-state index in [4.69, 9.17) is 9.47 Å². The number of phenols is 1. The highest BCUT2D eigenvalue weighted by Crippen LogP contribution is 2.38. The number of carbonyl (C=O) groups excluding carboxylic acids is 4. The average molecular weight is 828 g/mol. The number of ether oxygens (including phenoxy) is 2. The molecule has 8 unspecified atom stereocenters. The number of phenolic OH excluding ortho intramolecular Hbond substituents is 1. The van der Waals surface area contributed by atoms with E-state index in [1.54, 1.807) is 57.3 Å². The molecule has 3 rings (SSSR count). The molecule has 8 atom stereocenters. The summed E-state index contributed by atoms with van der Waals surface area (Å²) in [6.45, 7) is 23.5. The van der Waals surface area contributed by atoms with Crippen molar-refractivity contribution in [2.75, 3.05) is 20.7 Å². The summed E-state index contributed by atoms with van der Waals surface area (Å²) in [6, 6.07) is 2.78. The number of amides is 4. The van der Waals surface area contributed by atoms with Crippen molar-refractivity contribution in [1.29, 1.82) is 0 Å². The number of fused-ring (bicyclic) bond motifs is 1. The smallest absolute Gasteiger partial charge is 0.410 e. The van der Waals surface area contributed by atoms with Crippen molar-refractivity contribution in [3.8, 4) is 5.75 Å². The summed E-state index contributed by atoms with van der Waals surface area (Å²) in [6.07, 6.45) is 1.46. The highest BCUT2D eigenvalue weighted by molar-refractivity contribution is 7.09. The predicted octanol–water partition coefficient (Wildman–Crippen LogP) is 7.34. The lowest BCUT2D eigenvalue weighted by atomic mass is 9.79. The van der Waals surface area contributed by atoms with E-state index < -0.39 is 41.8 Å². The number of nitrogens with one attached hydrogen (secondary N) is 2. The third kappa shape index (κ3) is 12.4. The van der Waals surface area contributed by atoms with Crippen molar-refractivity contribution in [3.63, 3.8) is 0 Å². The zero-order valence-corrected chi connectivity index (χ0v) is 37.6. The molecule has 14 heteroatoms. The van der Waals surface area contributed by atoms with E-state index >= 15 is 0 Å². The average Bonchev–Trinajstić information content (AvgIpc) is 3.67. The highest BCUT2D eigenvalue weighted by Gasteiger charge is 2.40. The second kappa shape index (κ2) is 21.2. The van der Waals surface area contributed by atoms with Gasteiger partial charge in [-0.25, -0.2) is 9.78 Å². The van der Waals surface area contributed by atoms with Gasteiger partial charge in [0.1, 0.15) is 40.2 Å². The van der Waals surface area contributed by atoms with E-state index in [0.717, 1.165) is 11.1 Å². The molecule has 1 aliphatic rings. The minimum absolute atomic E-state index is 0.0711. The monoisotopic (exact) mass is 827 g/mol. The maximum Gasteiger partial charge on any atom is 0.410 e. The molecule has 1 aromatic carbocycles. The normalized spacial score (nSPS) is 18.4. The van der Waals surface area contributed by atoms with Gasteiger partial charge in [-0.15, -0.1) is 11.3 Å². The number of aliphatic hydroxyl groups excluding tert-OH is 1. The van der Waals surface area contributed by atoms with Crippen molar-refractivity contribution in [2.45, 2.75) is 150 Å². The summed E-state index contributed by atoms with van der Waals surface area (Å²) in [5.41, 5.74) is 1.34. The molecule has 0 aliphatic heterocycles. The molecule has 1 aromatic heterocycles. The minimum atomic E-state index is -1.07. The number of benzene rings is 1. The largest absolute Gasteiger partial charge is 0.508 e. The van der Waals surface area contributed by atoms with Crippen molar-refractivity contribution >= 4 is 35.2 Å². The van der Waals surface area contributed by atoms with Gasteiger partial charge in [-0.2, -0.15) is 0 Å². The van der Waals surface area contributed by atoms with Gasteiger partial charge in [0.2, 0.25) is 11.8 Å². The fourth-order valence-corrected chi connectivity index (χ4v) is 8.37. The molecule has 4 amide bonds. The van der Waals surface area contributed by atoms with Crippen LogP contribution in [0.5, 0.6) is 5.75 Å². The first-order chi connectivity index (χ1) is 27.2. The second-order valence-electron chi connectivity index (χ2n) is 17.2. The number of aliphatic hydroxyl groups is 1. The fraction of sp³-hybridized carbons (Fsp3) is 0.659. The Morgan fingerprint density at radius 2 is 1.72 bits per heavy atom. The van der Waals surface area contributed by atoms with E-state index in [1.807, 2.05) is 54.5 Å². The molecule has 4 N–H and O–H groups in total. The number of nitrogens with zero attached hydrogens (tertiary/aromatic N) is 3. The van der Waals surface area contributed by atoms with E-state index in [0.29, 0.717) is 49.4 Å². The van der Waals surface area contributed by atoms with Crippen LogP contribution in [0.15, 0.2) is 35.9 Å². The number of hydrogen-bond donors (Lipinski definition) is 4. The van der Waals surface area contributed by atoms with Gasteiger partial charge >= 0.3 is 6.09 Å². The lowest BCUT2D eigenvalue weighted by molar-refractivity contribution is -0.143. The first kappa shape index (κ1) is 48.2. The van der Waals surface area contributed by atoms with Crippen LogP contribution in [-0.2, 0) is 25.5 Å². The number of likely N-dealkylation sites (N-methyl/N-ethyl adjacent to an activating group) is 1. The van der Waals surface area contributed by atoms with Crippen molar-refractivity contribution in [3.05, 3.63) is 57.7 Å². The molecule has 58 heavy (non-hydrogen) atoms. The van der Waals surface area contributed by atoms with Gasteiger partial charge in [0.05, 0.1) is 12.9 Å². The van der Waals surface area contributed by atoms with Crippen LogP contribution < -0.4 is 10.6 Å². The highest BCUT2D eigenvalue weighted by atomic mass is 32.1. The van der Waals surface area contributed by atoms with E-state index in [1.165, 1.54) is 16.2 Å². The molecule has 324 valence electrons. The van der Waals surface area contributed by atoms with Crippen LogP contribution in [0.2, 0.25) is 0 Å². The Labute approximate surface area is 350 Å². The number of thiazole rings is 1. The summed E-state index contributed by atoms with van der Waals surface area (Å²) in [5, 5.41) is 29.9. The van der Waals surface area contributed by atoms with E-state index in [-0.39, 0.29) is 59.4 Å². The molecule has 0 spiro atoms. The Hall–Kier alpha value is -4.17. The summed E-state index contributed by atoms with van der Waals surface area (Å²) >= 11 is 1.19. The second-order valence-corrected chi connectivity index (χ2v) is 18.1. The summed E-state index contributed by atoms with van der Waals surface area (Å²) in [7, 11) is 3.10. The molecule has 0 fully saturated rings. The number of aromatic nitrogens is 1. The van der Waals surface area contributed by atoms with Gasteiger partial charge < -0.3 is 35.2 Å². The first-order valence-electron chi connectivity index (χ1n) is 20.7. The van der Waals surface area contributed by atoms with Crippen molar-refractivity contribution < 1.29 is 38.9 Å². The van der Waals surface area contributed by atoms with Gasteiger partial charge in [-0.05, 0) is 81.0 Å². The quantitative estimate of drug-likeness (QED) is 0.106. The van der Waals surface area contributed by atoms with Gasteiger partial charge in [0, 0.05) is 43.4 Å². The van der Waals surface area contributed by atoms with Gasteiger partial charge in [0.15, 0.2) is 0 Å². The molecule has 0 radical (unpaired) electrons. The third-order valence-electron chi connectivity index (χ3n) is 11.2. The molecular weight excluding hydrogens is 759 g/mol. The number of aromatic hydroxyl groups is 1. The number of methoxy groups -OCH3 is 1. The molecule has 1 aliphatic carbocycles. The Morgan fingerprint density at radius 3 is 2.29 bits per heavy atom. The lowest BCUT2D eigenvalue weighted by Gasteiger charge is -2.40. The molecule has 0 saturated carbocycles. The van der Waals surface area contributed by atoms with E-state index in [9.17, 15) is 29.4 Å². The van der Waals surface area contributed by atoms with Crippen LogP contribution in [0.1, 0.15) is 140 Å². The molecular formula is C44H69N5O8S. The summed E-state index contributed by atoms with van der Waals surface area (Å²) < 4.78 is 11.1. The Kier molecular flexibility index (Phi) is 17.6. The van der Waals surface area contributed by atoms with E-state index in [2.05, 4.69) is 22.2 Å². The molecule has 2 aromatic rings. The number of hydrogen-bond acceptors (Lipinski definition) is 10. The third-order valence-corrected chi connectivity index (χ3v) is 12.2. The molecule has 0 bridgehead atoms. The Balaban J connectivity index is 1.82. The Morgan fingerprint density at radius 1 is 1.07 bits per heavy atom. The van der Waals surface area contributed by atoms with Gasteiger partial charge in [-0.3, -0.25) is 19.3 Å². The number of rotatable bonds is 19. The van der Waals surface area contributed by atoms with Crippen LogP contribution in [-0.4, -0.2) is 99.3 Å². The zero-order chi connectivity index (χ0) is 43.6. The lowest BCUT2D eigenvalue weighted by Crippen LogP contribution is -2.60. The number of carbonyl (C=O) groups is 4. The fourth-order valence-electron chi connectivity index (χ4n) is 7.57. The van der Waals surface area contributed by atoms with Crippen molar-refractivity contribution in [1.82, 2.24) is 25.4 Å². The van der Waals surface area contributed by atoms with Crippen LogP contribution in [0.4, 0.5) is 4.79 Å².